The third-order valence-electron chi connectivity index (χ3n) is 0.975. The van der Waals surface area contributed by atoms with E-state index in [0.717, 1.165) is 0 Å². The van der Waals surface area contributed by atoms with Gasteiger partial charge in [-0.2, -0.15) is 0 Å². The van der Waals surface area contributed by atoms with E-state index in [4.69, 9.17) is 27.5 Å². The van der Waals surface area contributed by atoms with E-state index in [0.29, 0.717) is 0 Å². The van der Waals surface area contributed by atoms with E-state index in [1.165, 1.54) is 0 Å². The Kier molecular flexibility index (Phi) is 5.62. The monoisotopic (exact) mass is 246 g/mol. The Balaban J connectivity index is 4.41. The summed E-state index contributed by atoms with van der Waals surface area (Å²) in [5.74, 6) is 0. The van der Waals surface area contributed by atoms with Crippen molar-refractivity contribution in [2.45, 2.75) is 39.0 Å². The molecule has 0 radical (unpaired) electrons. The molecule has 12 heavy (non-hydrogen) atoms. The SMILES string of the molecule is CC(C)OP(O)(=S)S(=S)C(C)C. The molecular weight excluding hydrogens is 231 g/mol. The van der Waals surface area contributed by atoms with Gasteiger partial charge in [0, 0.05) is 5.25 Å². The molecule has 0 saturated carbocycles. The van der Waals surface area contributed by atoms with Gasteiger partial charge in [-0.3, -0.25) is 0 Å². The van der Waals surface area contributed by atoms with Gasteiger partial charge in [0.2, 0.25) is 5.69 Å². The zero-order valence-corrected chi connectivity index (χ0v) is 11.0. The van der Waals surface area contributed by atoms with Gasteiger partial charge in [0.1, 0.15) is 0 Å². The van der Waals surface area contributed by atoms with Gasteiger partial charge >= 0.3 is 0 Å². The largest absolute Gasteiger partial charge is 0.337 e. The smallest absolute Gasteiger partial charge is 0.249 e. The van der Waals surface area contributed by atoms with Crippen molar-refractivity contribution in [1.29, 1.82) is 0 Å². The Hall–Kier alpha value is 1.14. The Labute approximate surface area is 86.2 Å². The minimum absolute atomic E-state index is 0.0440. The van der Waals surface area contributed by atoms with E-state index in [2.05, 4.69) is 0 Å². The van der Waals surface area contributed by atoms with Crippen molar-refractivity contribution < 1.29 is 9.42 Å². The zero-order chi connectivity index (χ0) is 9.94. The van der Waals surface area contributed by atoms with Gasteiger partial charge in [-0.1, -0.05) is 13.8 Å². The van der Waals surface area contributed by atoms with Crippen LogP contribution >= 0.6 is 5.69 Å². The molecule has 2 unspecified atom stereocenters. The normalized spacial score (nSPS) is 19.6. The van der Waals surface area contributed by atoms with Gasteiger partial charge in [-0.25, -0.2) is 0 Å². The number of hydrogen-bond donors (Lipinski definition) is 1. The molecule has 74 valence electrons. The Bertz CT molecular complexity index is 215. The lowest BCUT2D eigenvalue weighted by molar-refractivity contribution is 0.248. The maximum Gasteiger partial charge on any atom is 0.249 e. The van der Waals surface area contributed by atoms with Gasteiger partial charge in [-0.05, 0) is 45.9 Å². The molecule has 0 bridgehead atoms. The fourth-order valence-electron chi connectivity index (χ4n) is 0.575. The summed E-state index contributed by atoms with van der Waals surface area (Å²) in [6.07, 6.45) is -0.0440. The topological polar surface area (TPSA) is 29.5 Å². The van der Waals surface area contributed by atoms with Crippen molar-refractivity contribution in [1.82, 2.24) is 0 Å². The van der Waals surface area contributed by atoms with Crippen LogP contribution in [0.5, 0.6) is 0 Å². The summed E-state index contributed by atoms with van der Waals surface area (Å²) in [5, 5.41) is 0.217. The van der Waals surface area contributed by atoms with Crippen LogP contribution in [0.3, 0.4) is 0 Å². The van der Waals surface area contributed by atoms with Crippen molar-refractivity contribution in [2.24, 2.45) is 0 Å². The average molecular weight is 246 g/mol. The van der Waals surface area contributed by atoms with Crippen LogP contribution in [-0.4, -0.2) is 16.2 Å². The molecule has 0 aromatic heterocycles. The van der Waals surface area contributed by atoms with Crippen molar-refractivity contribution in [3.63, 3.8) is 0 Å². The van der Waals surface area contributed by atoms with E-state index in [1.807, 2.05) is 27.7 Å². The maximum atomic E-state index is 9.74. The third-order valence-corrected chi connectivity index (χ3v) is 11.3. The molecule has 0 aliphatic heterocycles. The fraction of sp³-hybridized carbons (Fsp3) is 1.00. The first-order valence-electron chi connectivity index (χ1n) is 3.70. The fourth-order valence-corrected chi connectivity index (χ4v) is 6.48. The minimum atomic E-state index is -2.72. The van der Waals surface area contributed by atoms with Gasteiger partial charge in [0.05, 0.1) is 6.10 Å². The van der Waals surface area contributed by atoms with Crippen LogP contribution in [0, 0.1) is 0 Å². The van der Waals surface area contributed by atoms with E-state index < -0.39 is 14.8 Å². The molecule has 2 atom stereocenters. The van der Waals surface area contributed by atoms with Crippen LogP contribution in [0.2, 0.25) is 0 Å². The molecule has 0 fully saturated rings. The van der Waals surface area contributed by atoms with Crippen LogP contribution in [0.1, 0.15) is 27.7 Å². The van der Waals surface area contributed by atoms with Gasteiger partial charge in [-0.15, -0.1) is 0 Å². The molecule has 0 aliphatic rings. The van der Waals surface area contributed by atoms with Crippen LogP contribution in [0.25, 0.3) is 0 Å². The Morgan fingerprint density at radius 3 is 2.00 bits per heavy atom. The van der Waals surface area contributed by atoms with Crippen LogP contribution in [0.15, 0.2) is 0 Å². The molecule has 0 aliphatic carbocycles. The summed E-state index contributed by atoms with van der Waals surface area (Å²) < 4.78 is 5.25. The third kappa shape index (κ3) is 4.40. The standard InChI is InChI=1S/C6H15O2PS3/c1-5(2)8-9(7,10)12(11)6(3)4/h5-6H,1-4H3,(H,7,10). The second kappa shape index (κ2) is 5.13. The highest BCUT2D eigenvalue weighted by atomic mass is 33.2. The van der Waals surface area contributed by atoms with Gasteiger partial charge < -0.3 is 9.42 Å². The van der Waals surface area contributed by atoms with Crippen LogP contribution in [-0.2, 0) is 36.6 Å². The molecule has 2 nitrogen and oxygen atoms in total. The highest BCUT2D eigenvalue weighted by Gasteiger charge is 2.22. The molecule has 0 spiro atoms. The summed E-state index contributed by atoms with van der Waals surface area (Å²) in [7, 11) is -0.610. The maximum absolute atomic E-state index is 9.74. The summed E-state index contributed by atoms with van der Waals surface area (Å²) in [6.45, 7) is 7.61. The first kappa shape index (κ1) is 13.1. The predicted molar refractivity (Wildman–Crippen MR) is 62.6 cm³/mol. The summed E-state index contributed by atoms with van der Waals surface area (Å²) in [4.78, 5) is 9.74. The summed E-state index contributed by atoms with van der Waals surface area (Å²) in [5.41, 5.74) is -2.72. The molecule has 0 heterocycles. The van der Waals surface area contributed by atoms with E-state index >= 15 is 0 Å². The molecular formula is C6H15O2PS3. The van der Waals surface area contributed by atoms with Crippen LogP contribution in [0.4, 0.5) is 0 Å². The lowest BCUT2D eigenvalue weighted by atomic mass is 10.5. The first-order chi connectivity index (χ1) is 5.27. The van der Waals surface area contributed by atoms with Crippen LogP contribution < -0.4 is 0 Å². The van der Waals surface area contributed by atoms with Crippen molar-refractivity contribution in [3.05, 3.63) is 0 Å². The van der Waals surface area contributed by atoms with E-state index in [-0.39, 0.29) is 11.4 Å². The van der Waals surface area contributed by atoms with Crippen molar-refractivity contribution >= 4 is 37.8 Å². The molecule has 0 saturated heterocycles. The molecule has 0 rings (SSSR count). The Morgan fingerprint density at radius 2 is 1.75 bits per heavy atom. The summed E-state index contributed by atoms with van der Waals surface area (Å²) >= 11 is 10.1. The average Bonchev–Trinajstić information content (AvgIpc) is 1.82. The quantitative estimate of drug-likeness (QED) is 0.769. The van der Waals surface area contributed by atoms with Crippen molar-refractivity contribution in [2.75, 3.05) is 0 Å². The lowest BCUT2D eigenvalue weighted by Gasteiger charge is -2.21. The zero-order valence-electron chi connectivity index (χ0n) is 7.68. The van der Waals surface area contributed by atoms with Gasteiger partial charge in [0.25, 0.3) is 0 Å². The molecule has 0 aromatic carbocycles. The Morgan fingerprint density at radius 1 is 1.33 bits per heavy atom. The number of hydrogen-bond acceptors (Lipinski definition) is 3. The highest BCUT2D eigenvalue weighted by molar-refractivity contribution is 8.74. The molecule has 0 aromatic rings. The first-order valence-corrected chi connectivity index (χ1v) is 9.19. The predicted octanol–water partition coefficient (Wildman–Crippen LogP) is 2.12. The molecule has 6 heteroatoms. The second-order valence-electron chi connectivity index (χ2n) is 2.95. The minimum Gasteiger partial charge on any atom is -0.337 e. The second-order valence-corrected chi connectivity index (χ2v) is 12.3. The van der Waals surface area contributed by atoms with Gasteiger partial charge in [0.15, 0.2) is 0 Å². The van der Waals surface area contributed by atoms with E-state index in [1.54, 1.807) is 0 Å². The lowest BCUT2D eigenvalue weighted by Crippen LogP contribution is -2.09. The summed E-state index contributed by atoms with van der Waals surface area (Å²) in [6, 6.07) is 0. The van der Waals surface area contributed by atoms with E-state index in [9.17, 15) is 4.89 Å². The molecule has 0 amide bonds. The highest BCUT2D eigenvalue weighted by Crippen LogP contribution is 2.49. The molecule has 1 N–H and O–H groups in total. The van der Waals surface area contributed by atoms with Crippen molar-refractivity contribution in [3.8, 4) is 0 Å². The number of rotatable bonds is 4.